The van der Waals surface area contributed by atoms with Gasteiger partial charge in [-0.15, -0.1) is 0 Å². The lowest BCUT2D eigenvalue weighted by Gasteiger charge is -2.12. The van der Waals surface area contributed by atoms with Gasteiger partial charge in [-0.25, -0.2) is 8.78 Å². The monoisotopic (exact) mass is 320 g/mol. The summed E-state index contributed by atoms with van der Waals surface area (Å²) in [5, 5.41) is 5.59. The maximum absolute atomic E-state index is 14.3. The van der Waals surface area contributed by atoms with Crippen molar-refractivity contribution < 1.29 is 8.78 Å². The van der Waals surface area contributed by atoms with E-state index in [2.05, 4.69) is 5.10 Å². The highest BCUT2D eigenvalue weighted by atomic mass is 35.5. The van der Waals surface area contributed by atoms with Crippen LogP contribution in [0.5, 0.6) is 0 Å². The zero-order chi connectivity index (χ0) is 16.0. The van der Waals surface area contributed by atoms with Crippen LogP contribution in [-0.2, 0) is 7.05 Å². The molecule has 0 aliphatic heterocycles. The Kier molecular flexibility index (Phi) is 3.65. The topological polar surface area (TPSA) is 17.8 Å². The van der Waals surface area contributed by atoms with Crippen LogP contribution in [0.4, 0.5) is 8.78 Å². The highest BCUT2D eigenvalue weighted by Crippen LogP contribution is 2.34. The van der Waals surface area contributed by atoms with Crippen LogP contribution in [0, 0.1) is 11.6 Å². The molecular weight excluding hydrogens is 306 g/mol. The molecule has 3 rings (SSSR count). The van der Waals surface area contributed by atoms with Crippen molar-refractivity contribution >= 4 is 22.5 Å². The lowest BCUT2D eigenvalue weighted by atomic mass is 9.96. The van der Waals surface area contributed by atoms with Crippen molar-refractivity contribution in [2.75, 3.05) is 0 Å². The molecule has 1 aromatic heterocycles. The molecule has 0 aliphatic rings. The number of nitrogens with zero attached hydrogens (tertiary/aromatic N) is 2. The number of aromatic nitrogens is 2. The summed E-state index contributed by atoms with van der Waals surface area (Å²) in [5.41, 5.74) is 1.93. The van der Waals surface area contributed by atoms with E-state index in [0.29, 0.717) is 21.7 Å². The molecule has 0 unspecified atom stereocenters. The first-order valence-electron chi connectivity index (χ1n) is 6.99. The molecule has 2 nitrogen and oxygen atoms in total. The molecule has 0 amide bonds. The van der Waals surface area contributed by atoms with E-state index in [9.17, 15) is 8.78 Å². The fraction of sp³-hybridized carbons (Fsp3) is 0.235. The van der Waals surface area contributed by atoms with Gasteiger partial charge >= 0.3 is 0 Å². The second-order valence-electron chi connectivity index (χ2n) is 5.70. The van der Waals surface area contributed by atoms with Crippen LogP contribution < -0.4 is 0 Å². The Hall–Kier alpha value is -1.94. The normalized spacial score (nSPS) is 11.6. The Bertz CT molecular complexity index is 845. The molecule has 114 valence electrons. The summed E-state index contributed by atoms with van der Waals surface area (Å²) in [6.07, 6.45) is 1.81. The van der Waals surface area contributed by atoms with Crippen molar-refractivity contribution in [3.05, 3.63) is 52.7 Å². The molecule has 0 spiro atoms. The summed E-state index contributed by atoms with van der Waals surface area (Å²) in [4.78, 5) is 0. The van der Waals surface area contributed by atoms with Gasteiger partial charge < -0.3 is 0 Å². The molecule has 1 heterocycles. The molecule has 0 bridgehead atoms. The molecule has 0 radical (unpaired) electrons. The third-order valence-electron chi connectivity index (χ3n) is 3.67. The van der Waals surface area contributed by atoms with Crippen LogP contribution in [-0.4, -0.2) is 9.78 Å². The Balaban J connectivity index is 2.28. The number of rotatable bonds is 2. The molecule has 0 saturated heterocycles. The number of aryl methyl sites for hydroxylation is 1. The van der Waals surface area contributed by atoms with Crippen LogP contribution in [0.2, 0.25) is 5.02 Å². The highest BCUT2D eigenvalue weighted by Gasteiger charge is 2.17. The maximum atomic E-state index is 14.3. The third-order valence-corrected chi connectivity index (χ3v) is 3.89. The van der Waals surface area contributed by atoms with Crippen LogP contribution in [0.3, 0.4) is 0 Å². The minimum Gasteiger partial charge on any atom is -0.275 e. The lowest BCUT2D eigenvalue weighted by Crippen LogP contribution is -1.99. The van der Waals surface area contributed by atoms with Crippen molar-refractivity contribution in [2.24, 2.45) is 7.05 Å². The second-order valence-corrected chi connectivity index (χ2v) is 6.13. The number of hydrogen-bond acceptors (Lipinski definition) is 1. The summed E-state index contributed by atoms with van der Waals surface area (Å²) < 4.78 is 30.2. The van der Waals surface area contributed by atoms with Crippen LogP contribution in [0.1, 0.15) is 25.3 Å². The zero-order valence-electron chi connectivity index (χ0n) is 12.5. The molecule has 2 aromatic carbocycles. The van der Waals surface area contributed by atoms with Crippen molar-refractivity contribution in [1.29, 1.82) is 0 Å². The zero-order valence-corrected chi connectivity index (χ0v) is 13.2. The first-order chi connectivity index (χ1) is 10.4. The summed E-state index contributed by atoms with van der Waals surface area (Å²) in [5.74, 6) is -1.30. The summed E-state index contributed by atoms with van der Waals surface area (Å²) in [6, 6.07) is 6.15. The Morgan fingerprint density at radius 3 is 2.32 bits per heavy atom. The average Bonchev–Trinajstić information content (AvgIpc) is 2.76. The van der Waals surface area contributed by atoms with E-state index in [1.807, 2.05) is 6.20 Å². The lowest BCUT2D eigenvalue weighted by molar-refractivity contribution is 0.542. The van der Waals surface area contributed by atoms with Gasteiger partial charge in [0.1, 0.15) is 11.6 Å². The molecule has 0 saturated carbocycles. The molecule has 22 heavy (non-hydrogen) atoms. The molecule has 0 atom stereocenters. The van der Waals surface area contributed by atoms with Crippen molar-refractivity contribution in [2.45, 2.75) is 19.8 Å². The largest absolute Gasteiger partial charge is 0.275 e. The SMILES string of the molecule is CC(C)c1c(F)cc(-c2cc(Cl)cc3nn(C)cc23)cc1F. The van der Waals surface area contributed by atoms with Gasteiger partial charge in [0.25, 0.3) is 0 Å². The van der Waals surface area contributed by atoms with Gasteiger partial charge in [0, 0.05) is 29.2 Å². The molecular formula is C17H15ClF2N2. The first kappa shape index (κ1) is 15.0. The molecule has 0 aliphatic carbocycles. The second kappa shape index (κ2) is 5.36. The van der Waals surface area contributed by atoms with Gasteiger partial charge in [-0.1, -0.05) is 25.4 Å². The predicted molar refractivity (Wildman–Crippen MR) is 85.2 cm³/mol. The summed E-state index contributed by atoms with van der Waals surface area (Å²) in [7, 11) is 1.79. The fourth-order valence-corrected chi connectivity index (χ4v) is 2.95. The Morgan fingerprint density at radius 2 is 1.73 bits per heavy atom. The number of fused-ring (bicyclic) bond motifs is 1. The van der Waals surface area contributed by atoms with Gasteiger partial charge in [-0.05, 0) is 41.3 Å². The molecule has 5 heteroatoms. The van der Waals surface area contributed by atoms with E-state index in [1.165, 1.54) is 12.1 Å². The van der Waals surface area contributed by atoms with E-state index in [4.69, 9.17) is 11.6 Å². The number of halogens is 3. The van der Waals surface area contributed by atoms with E-state index in [0.717, 1.165) is 5.39 Å². The van der Waals surface area contributed by atoms with Crippen LogP contribution >= 0.6 is 11.6 Å². The Labute approximate surface area is 132 Å². The summed E-state index contributed by atoms with van der Waals surface area (Å²) >= 11 is 6.11. The number of hydrogen-bond donors (Lipinski definition) is 0. The van der Waals surface area contributed by atoms with E-state index < -0.39 is 11.6 Å². The molecule has 0 N–H and O–H groups in total. The standard InChI is InChI=1S/C17H15ClF2N2/c1-9(2)17-14(19)4-10(5-15(17)20)12-6-11(18)7-16-13(12)8-22(3)21-16/h4-9H,1-3H3. The molecule has 0 fully saturated rings. The maximum Gasteiger partial charge on any atom is 0.130 e. The van der Waals surface area contributed by atoms with Gasteiger partial charge in [-0.2, -0.15) is 5.10 Å². The minimum atomic E-state index is -0.540. The Morgan fingerprint density at radius 1 is 1.09 bits per heavy atom. The van der Waals surface area contributed by atoms with Gasteiger partial charge in [0.15, 0.2) is 0 Å². The van der Waals surface area contributed by atoms with Crippen molar-refractivity contribution in [1.82, 2.24) is 9.78 Å². The predicted octanol–water partition coefficient (Wildman–Crippen LogP) is 5.30. The molecule has 3 aromatic rings. The minimum absolute atomic E-state index is 0.105. The number of benzene rings is 2. The fourth-order valence-electron chi connectivity index (χ4n) is 2.74. The van der Waals surface area contributed by atoms with E-state index in [1.54, 1.807) is 37.7 Å². The van der Waals surface area contributed by atoms with Crippen LogP contribution in [0.15, 0.2) is 30.5 Å². The highest BCUT2D eigenvalue weighted by molar-refractivity contribution is 6.31. The average molecular weight is 321 g/mol. The quantitative estimate of drug-likeness (QED) is 0.627. The summed E-state index contributed by atoms with van der Waals surface area (Å²) in [6.45, 7) is 3.53. The van der Waals surface area contributed by atoms with E-state index >= 15 is 0 Å². The van der Waals surface area contributed by atoms with E-state index in [-0.39, 0.29) is 11.5 Å². The van der Waals surface area contributed by atoms with Gasteiger partial charge in [0.05, 0.1) is 5.52 Å². The third kappa shape index (κ3) is 2.48. The smallest absolute Gasteiger partial charge is 0.130 e. The van der Waals surface area contributed by atoms with Gasteiger partial charge in [-0.3, -0.25) is 4.68 Å². The van der Waals surface area contributed by atoms with Crippen molar-refractivity contribution in [3.8, 4) is 11.1 Å². The van der Waals surface area contributed by atoms with Crippen molar-refractivity contribution in [3.63, 3.8) is 0 Å². The first-order valence-corrected chi connectivity index (χ1v) is 7.37. The van der Waals surface area contributed by atoms with Crippen LogP contribution in [0.25, 0.3) is 22.0 Å². The van der Waals surface area contributed by atoms with Gasteiger partial charge in [0.2, 0.25) is 0 Å².